The molecule has 0 bridgehead atoms. The van der Waals surface area contributed by atoms with Crippen molar-refractivity contribution in [2.24, 2.45) is 0 Å². The van der Waals surface area contributed by atoms with Crippen molar-refractivity contribution in [2.75, 3.05) is 11.9 Å². The monoisotopic (exact) mass is 428 g/mol. The minimum Gasteiger partial charge on any atom is -0.330 e. The zero-order valence-corrected chi connectivity index (χ0v) is 17.2. The number of pyridine rings is 2. The first-order chi connectivity index (χ1) is 15.6. The van der Waals surface area contributed by atoms with E-state index in [-0.39, 0.29) is 12.1 Å². The minimum absolute atomic E-state index is 0.207. The molecule has 0 unspecified atom stereocenters. The molecule has 0 saturated carbocycles. The van der Waals surface area contributed by atoms with Crippen molar-refractivity contribution in [2.45, 2.75) is 13.0 Å². The Morgan fingerprint density at radius 1 is 0.938 bits per heavy atom. The number of carbonyl (C=O) groups excluding carboxylic acids is 2. The van der Waals surface area contributed by atoms with Crippen LogP contribution in [-0.4, -0.2) is 33.2 Å². The normalized spacial score (nSPS) is 10.7. The maximum Gasteiger partial charge on any atom is 0.313 e. The van der Waals surface area contributed by atoms with E-state index in [4.69, 9.17) is 0 Å². The Morgan fingerprint density at radius 3 is 2.50 bits per heavy atom. The lowest BCUT2D eigenvalue weighted by molar-refractivity contribution is -0.143. The van der Waals surface area contributed by atoms with Gasteiger partial charge in [-0.05, 0) is 41.8 Å². The second-order valence-electron chi connectivity index (χ2n) is 7.31. The van der Waals surface area contributed by atoms with Crippen LogP contribution in [0.2, 0.25) is 0 Å². The van der Waals surface area contributed by atoms with E-state index in [2.05, 4.69) is 15.3 Å². The van der Waals surface area contributed by atoms with Gasteiger partial charge in [-0.1, -0.05) is 42.5 Å². The molecule has 0 radical (unpaired) electrons. The van der Waals surface area contributed by atoms with Crippen LogP contribution in [0.15, 0.2) is 85.3 Å². The number of aromatic nitrogens is 2. The van der Waals surface area contributed by atoms with Gasteiger partial charge in [0.2, 0.25) is 0 Å². The largest absolute Gasteiger partial charge is 0.330 e. The van der Waals surface area contributed by atoms with Crippen molar-refractivity contribution >= 4 is 28.4 Å². The van der Waals surface area contributed by atoms with E-state index in [1.165, 1.54) is 17.2 Å². The third kappa shape index (κ3) is 5.13. The van der Waals surface area contributed by atoms with Crippen molar-refractivity contribution in [3.05, 3.63) is 102 Å². The summed E-state index contributed by atoms with van der Waals surface area (Å²) in [6.45, 7) is 0.655. The number of carbonyl (C=O) groups is 2. The van der Waals surface area contributed by atoms with E-state index in [0.29, 0.717) is 24.0 Å². The summed E-state index contributed by atoms with van der Waals surface area (Å²) >= 11 is 0. The summed E-state index contributed by atoms with van der Waals surface area (Å²) < 4.78 is 13.8. The lowest BCUT2D eigenvalue weighted by Gasteiger charge is -2.22. The van der Waals surface area contributed by atoms with E-state index < -0.39 is 17.6 Å². The van der Waals surface area contributed by atoms with Gasteiger partial charge in [0.1, 0.15) is 11.3 Å². The summed E-state index contributed by atoms with van der Waals surface area (Å²) in [7, 11) is 0. The second kappa shape index (κ2) is 9.78. The van der Waals surface area contributed by atoms with Crippen LogP contribution >= 0.6 is 0 Å². The van der Waals surface area contributed by atoms with Crippen molar-refractivity contribution in [1.82, 2.24) is 14.9 Å². The number of para-hydroxylation sites is 1. The molecule has 2 aromatic carbocycles. The number of anilines is 1. The third-order valence-corrected chi connectivity index (χ3v) is 5.04. The van der Waals surface area contributed by atoms with E-state index in [0.717, 1.165) is 11.1 Å². The van der Waals surface area contributed by atoms with Crippen LogP contribution < -0.4 is 5.32 Å². The summed E-state index contributed by atoms with van der Waals surface area (Å²) in [5.74, 6) is -1.87. The number of nitrogens with one attached hydrogen (secondary N) is 1. The Labute approximate surface area is 184 Å². The van der Waals surface area contributed by atoms with E-state index >= 15 is 0 Å². The SMILES string of the molecule is O=C(Nc1cnc2c(F)cccc2c1)C(=O)N(CCc1ccccc1)Cc1ccncc1. The quantitative estimate of drug-likeness (QED) is 0.472. The molecule has 0 aliphatic carbocycles. The molecular weight excluding hydrogens is 407 g/mol. The highest BCUT2D eigenvalue weighted by Crippen LogP contribution is 2.19. The maximum atomic E-state index is 13.8. The average molecular weight is 428 g/mol. The third-order valence-electron chi connectivity index (χ3n) is 5.04. The molecule has 2 amide bonds. The molecule has 4 aromatic rings. The predicted molar refractivity (Wildman–Crippen MR) is 120 cm³/mol. The van der Waals surface area contributed by atoms with E-state index in [1.54, 1.807) is 30.6 Å². The smallest absolute Gasteiger partial charge is 0.313 e. The fourth-order valence-corrected chi connectivity index (χ4v) is 3.39. The Bertz CT molecular complexity index is 1230. The highest BCUT2D eigenvalue weighted by Gasteiger charge is 2.22. The number of amides is 2. The molecule has 0 aliphatic heterocycles. The van der Waals surface area contributed by atoms with Crippen molar-refractivity contribution in [3.63, 3.8) is 0 Å². The standard InChI is InChI=1S/C25H21FN4O2/c26-22-8-4-7-20-15-21(16-28-23(20)22)29-24(31)25(32)30(17-19-9-12-27-13-10-19)14-11-18-5-2-1-3-6-18/h1-10,12-13,15-16H,11,14,17H2,(H,29,31). The Balaban J connectivity index is 1.50. The molecule has 6 nitrogen and oxygen atoms in total. The van der Waals surface area contributed by atoms with Gasteiger partial charge in [0.15, 0.2) is 0 Å². The van der Waals surface area contributed by atoms with Crippen molar-refractivity contribution in [3.8, 4) is 0 Å². The molecule has 0 aliphatic rings. The number of hydrogen-bond donors (Lipinski definition) is 1. The minimum atomic E-state index is -0.773. The van der Waals surface area contributed by atoms with Gasteiger partial charge in [-0.3, -0.25) is 19.6 Å². The molecule has 1 N–H and O–H groups in total. The molecule has 0 spiro atoms. The van der Waals surface area contributed by atoms with Crippen LogP contribution in [0.25, 0.3) is 10.9 Å². The van der Waals surface area contributed by atoms with Gasteiger partial charge in [-0.2, -0.15) is 0 Å². The topological polar surface area (TPSA) is 75.2 Å². The zero-order valence-electron chi connectivity index (χ0n) is 17.2. The number of halogens is 1. The Hall–Kier alpha value is -4.13. The van der Waals surface area contributed by atoms with Gasteiger partial charge in [0.05, 0.1) is 11.9 Å². The molecule has 0 fully saturated rings. The molecule has 0 saturated heterocycles. The molecule has 32 heavy (non-hydrogen) atoms. The first kappa shape index (κ1) is 21.1. The number of benzene rings is 2. The van der Waals surface area contributed by atoms with Crippen LogP contribution in [0.3, 0.4) is 0 Å². The van der Waals surface area contributed by atoms with E-state index in [9.17, 15) is 14.0 Å². The lowest BCUT2D eigenvalue weighted by atomic mass is 10.1. The summed E-state index contributed by atoms with van der Waals surface area (Å²) in [4.78, 5) is 35.3. The number of hydrogen-bond acceptors (Lipinski definition) is 4. The highest BCUT2D eigenvalue weighted by atomic mass is 19.1. The molecular formula is C25H21FN4O2. The van der Waals surface area contributed by atoms with Crippen LogP contribution in [-0.2, 0) is 22.6 Å². The van der Waals surface area contributed by atoms with Crippen molar-refractivity contribution in [1.29, 1.82) is 0 Å². The summed E-state index contributed by atoms with van der Waals surface area (Å²) in [6.07, 6.45) is 5.25. The average Bonchev–Trinajstić information content (AvgIpc) is 2.82. The first-order valence-electron chi connectivity index (χ1n) is 10.2. The second-order valence-corrected chi connectivity index (χ2v) is 7.31. The van der Waals surface area contributed by atoms with Crippen LogP contribution in [0.4, 0.5) is 10.1 Å². The molecule has 160 valence electrons. The molecule has 4 rings (SSSR count). The zero-order chi connectivity index (χ0) is 22.3. The van der Waals surface area contributed by atoms with Gasteiger partial charge in [0, 0.05) is 30.9 Å². The summed E-state index contributed by atoms with van der Waals surface area (Å²) in [5, 5.41) is 3.13. The predicted octanol–water partition coefficient (Wildman–Crippen LogP) is 3.98. The fraction of sp³-hybridized carbons (Fsp3) is 0.120. The van der Waals surface area contributed by atoms with Gasteiger partial charge in [0.25, 0.3) is 0 Å². The molecule has 0 atom stereocenters. The molecule has 7 heteroatoms. The van der Waals surface area contributed by atoms with Crippen LogP contribution in [0, 0.1) is 5.82 Å². The Morgan fingerprint density at radius 2 is 1.72 bits per heavy atom. The fourth-order valence-electron chi connectivity index (χ4n) is 3.39. The summed E-state index contributed by atoms with van der Waals surface area (Å²) in [5.41, 5.74) is 2.48. The maximum absolute atomic E-state index is 13.8. The van der Waals surface area contributed by atoms with Gasteiger partial charge in [-0.15, -0.1) is 0 Å². The van der Waals surface area contributed by atoms with Gasteiger partial charge >= 0.3 is 11.8 Å². The van der Waals surface area contributed by atoms with Crippen LogP contribution in [0.1, 0.15) is 11.1 Å². The Kier molecular flexibility index (Phi) is 6.46. The molecule has 2 aromatic heterocycles. The number of nitrogens with zero attached hydrogens (tertiary/aromatic N) is 3. The first-order valence-corrected chi connectivity index (χ1v) is 10.2. The van der Waals surface area contributed by atoms with Gasteiger partial charge < -0.3 is 10.2 Å². The van der Waals surface area contributed by atoms with Crippen molar-refractivity contribution < 1.29 is 14.0 Å². The lowest BCUT2D eigenvalue weighted by Crippen LogP contribution is -2.40. The highest BCUT2D eigenvalue weighted by molar-refractivity contribution is 6.39. The van der Waals surface area contributed by atoms with Gasteiger partial charge in [-0.25, -0.2) is 4.39 Å². The number of fused-ring (bicyclic) bond motifs is 1. The summed E-state index contributed by atoms with van der Waals surface area (Å²) in [6, 6.07) is 19.6. The molecule has 2 heterocycles. The van der Waals surface area contributed by atoms with Crippen LogP contribution in [0.5, 0.6) is 0 Å². The van der Waals surface area contributed by atoms with E-state index in [1.807, 2.05) is 42.5 Å². The number of rotatable bonds is 6.